The quantitative estimate of drug-likeness (QED) is 0.624. The summed E-state index contributed by atoms with van der Waals surface area (Å²) in [6.07, 6.45) is 1.11. The average molecular weight is 166 g/mol. The zero-order chi connectivity index (χ0) is 8.10. The highest BCUT2D eigenvalue weighted by Gasteiger charge is 1.98. The smallest absolute Gasteiger partial charge is 0.141 e. The van der Waals surface area contributed by atoms with Crippen molar-refractivity contribution in [3.8, 4) is 0 Å². The van der Waals surface area contributed by atoms with Gasteiger partial charge in [-0.3, -0.25) is 4.79 Å². The summed E-state index contributed by atoms with van der Waals surface area (Å²) in [4.78, 5) is 11.0. The average Bonchev–Trinajstić information content (AvgIpc) is 2.06. The molecule has 0 N–H and O–H groups in total. The lowest BCUT2D eigenvalue weighted by molar-refractivity contribution is -0.116. The topological polar surface area (TPSA) is 17.1 Å². The minimum Gasteiger partial charge on any atom is -0.299 e. The lowest BCUT2D eigenvalue weighted by Gasteiger charge is -1.96. The van der Waals surface area contributed by atoms with Crippen LogP contribution in [-0.4, -0.2) is 11.9 Å². The highest BCUT2D eigenvalue weighted by molar-refractivity contribution is 7.18. The van der Waals surface area contributed by atoms with Gasteiger partial charge in [0.15, 0.2) is 0 Å². The van der Waals surface area contributed by atoms with Crippen LogP contribution in [0.2, 0.25) is 0 Å². The van der Waals surface area contributed by atoms with E-state index in [1.165, 1.54) is 0 Å². The molecule has 0 bridgehead atoms. The number of benzene rings is 1. The molecule has 1 aromatic rings. The maximum Gasteiger partial charge on any atom is 0.141 e. The molecular formula is C9H11OP. The second-order valence-corrected chi connectivity index (χ2v) is 2.81. The molecule has 0 saturated heterocycles. The zero-order valence-electron chi connectivity index (χ0n) is 6.29. The molecule has 0 aliphatic heterocycles. The summed E-state index contributed by atoms with van der Waals surface area (Å²) >= 11 is 0. The largest absolute Gasteiger partial charge is 0.299 e. The number of Topliss-reactive ketones (excluding diaryl/α,β-unsaturated/α-hetero) is 1. The summed E-state index contributed by atoms with van der Waals surface area (Å²) in [6.45, 7) is 0. The van der Waals surface area contributed by atoms with Gasteiger partial charge in [-0.25, -0.2) is 0 Å². The number of rotatable bonds is 3. The van der Waals surface area contributed by atoms with Gasteiger partial charge in [0.1, 0.15) is 5.78 Å². The summed E-state index contributed by atoms with van der Waals surface area (Å²) in [7, 11) is 2.44. The van der Waals surface area contributed by atoms with Crippen molar-refractivity contribution in [2.75, 3.05) is 6.16 Å². The summed E-state index contributed by atoms with van der Waals surface area (Å²) in [5, 5.41) is 0. The first-order valence-electron chi connectivity index (χ1n) is 3.58. The lowest BCUT2D eigenvalue weighted by atomic mass is 10.1. The molecule has 0 saturated carbocycles. The fourth-order valence-corrected chi connectivity index (χ4v) is 1.04. The standard InChI is InChI=1S/C9H11OP/c10-9(7-11)6-8-4-2-1-3-5-8/h1-5H,6-7,11H2. The Hall–Kier alpha value is -0.680. The molecule has 1 aromatic carbocycles. The molecule has 11 heavy (non-hydrogen) atoms. The van der Waals surface area contributed by atoms with Crippen molar-refractivity contribution in [2.24, 2.45) is 0 Å². The summed E-state index contributed by atoms with van der Waals surface area (Å²) < 4.78 is 0. The SMILES string of the molecule is O=C(CP)Cc1ccccc1. The molecule has 1 atom stereocenters. The fraction of sp³-hybridized carbons (Fsp3) is 0.222. The zero-order valence-corrected chi connectivity index (χ0v) is 7.44. The Labute approximate surface area is 69.0 Å². The van der Waals surface area contributed by atoms with Crippen LogP contribution in [0.3, 0.4) is 0 Å². The maximum absolute atomic E-state index is 11.0. The molecule has 1 nitrogen and oxygen atoms in total. The molecule has 0 aliphatic rings. The van der Waals surface area contributed by atoms with Crippen LogP contribution < -0.4 is 0 Å². The Bertz CT molecular complexity index is 231. The first-order valence-corrected chi connectivity index (χ1v) is 4.40. The van der Waals surface area contributed by atoms with Crippen molar-refractivity contribution < 1.29 is 4.79 Å². The van der Waals surface area contributed by atoms with E-state index >= 15 is 0 Å². The molecule has 0 radical (unpaired) electrons. The molecule has 0 aromatic heterocycles. The Balaban J connectivity index is 2.58. The van der Waals surface area contributed by atoms with Gasteiger partial charge in [0.05, 0.1) is 0 Å². The second-order valence-electron chi connectivity index (χ2n) is 2.41. The maximum atomic E-state index is 11.0. The minimum absolute atomic E-state index is 0.265. The third-order valence-electron chi connectivity index (χ3n) is 1.47. The molecule has 1 rings (SSSR count). The van der Waals surface area contributed by atoms with E-state index in [-0.39, 0.29) is 5.78 Å². The monoisotopic (exact) mass is 166 g/mol. The third kappa shape index (κ3) is 2.81. The summed E-state index contributed by atoms with van der Waals surface area (Å²) in [6, 6.07) is 9.79. The number of ketones is 1. The Morgan fingerprint density at radius 2 is 1.91 bits per heavy atom. The Kier molecular flexibility index (Phi) is 3.25. The van der Waals surface area contributed by atoms with Crippen molar-refractivity contribution in [1.82, 2.24) is 0 Å². The van der Waals surface area contributed by atoms with Gasteiger partial charge in [-0.2, -0.15) is 0 Å². The molecule has 0 aliphatic carbocycles. The van der Waals surface area contributed by atoms with Crippen molar-refractivity contribution in [3.05, 3.63) is 35.9 Å². The van der Waals surface area contributed by atoms with E-state index in [0.717, 1.165) is 5.56 Å². The molecule has 1 unspecified atom stereocenters. The third-order valence-corrected chi connectivity index (χ3v) is 1.93. The molecule has 0 heterocycles. The molecule has 0 spiro atoms. The number of hydrogen-bond acceptors (Lipinski definition) is 1. The van der Waals surface area contributed by atoms with Gasteiger partial charge in [-0.15, -0.1) is 9.24 Å². The van der Waals surface area contributed by atoms with E-state index in [4.69, 9.17) is 0 Å². The summed E-state index contributed by atoms with van der Waals surface area (Å²) in [5.41, 5.74) is 1.10. The van der Waals surface area contributed by atoms with Gasteiger partial charge in [0.2, 0.25) is 0 Å². The predicted octanol–water partition coefficient (Wildman–Crippen LogP) is 1.67. The van der Waals surface area contributed by atoms with Gasteiger partial charge >= 0.3 is 0 Å². The van der Waals surface area contributed by atoms with Crippen LogP contribution in [0, 0.1) is 0 Å². The molecule has 58 valence electrons. The van der Waals surface area contributed by atoms with E-state index in [2.05, 4.69) is 9.24 Å². The number of hydrogen-bond donors (Lipinski definition) is 0. The van der Waals surface area contributed by atoms with Gasteiger partial charge < -0.3 is 0 Å². The van der Waals surface area contributed by atoms with Crippen LogP contribution in [0.5, 0.6) is 0 Å². The number of carbonyl (C=O) groups is 1. The predicted molar refractivity (Wildman–Crippen MR) is 49.7 cm³/mol. The lowest BCUT2D eigenvalue weighted by Crippen LogP contribution is -2.02. The van der Waals surface area contributed by atoms with Gasteiger partial charge in [-0.1, -0.05) is 30.3 Å². The van der Waals surface area contributed by atoms with Crippen molar-refractivity contribution in [3.63, 3.8) is 0 Å². The van der Waals surface area contributed by atoms with Crippen LogP contribution in [-0.2, 0) is 11.2 Å². The highest BCUT2D eigenvalue weighted by Crippen LogP contribution is 2.00. The van der Waals surface area contributed by atoms with Crippen LogP contribution in [0.4, 0.5) is 0 Å². The molecular weight excluding hydrogens is 155 g/mol. The van der Waals surface area contributed by atoms with Crippen LogP contribution >= 0.6 is 9.24 Å². The van der Waals surface area contributed by atoms with E-state index < -0.39 is 0 Å². The van der Waals surface area contributed by atoms with Gasteiger partial charge in [-0.05, 0) is 5.56 Å². The van der Waals surface area contributed by atoms with E-state index in [1.807, 2.05) is 30.3 Å². The first-order chi connectivity index (χ1) is 5.33. The number of carbonyl (C=O) groups excluding carboxylic acids is 1. The van der Waals surface area contributed by atoms with Crippen molar-refractivity contribution >= 4 is 15.0 Å². The summed E-state index contributed by atoms with van der Waals surface area (Å²) in [5.74, 6) is 0.265. The van der Waals surface area contributed by atoms with Crippen molar-refractivity contribution in [1.29, 1.82) is 0 Å². The fourth-order valence-electron chi connectivity index (χ4n) is 0.896. The minimum atomic E-state index is 0.265. The van der Waals surface area contributed by atoms with Crippen LogP contribution in [0.15, 0.2) is 30.3 Å². The molecule has 0 fully saturated rings. The normalized spacial score (nSPS) is 9.55. The van der Waals surface area contributed by atoms with E-state index in [0.29, 0.717) is 12.6 Å². The van der Waals surface area contributed by atoms with Gasteiger partial charge in [0, 0.05) is 12.6 Å². The van der Waals surface area contributed by atoms with Crippen LogP contribution in [0.25, 0.3) is 0 Å². The molecule has 2 heteroatoms. The Morgan fingerprint density at radius 1 is 1.27 bits per heavy atom. The van der Waals surface area contributed by atoms with E-state index in [9.17, 15) is 4.79 Å². The van der Waals surface area contributed by atoms with Crippen molar-refractivity contribution in [2.45, 2.75) is 6.42 Å². The van der Waals surface area contributed by atoms with Crippen LogP contribution in [0.1, 0.15) is 5.56 Å². The Morgan fingerprint density at radius 3 is 2.45 bits per heavy atom. The van der Waals surface area contributed by atoms with Gasteiger partial charge in [0.25, 0.3) is 0 Å². The second kappa shape index (κ2) is 4.25. The molecule has 0 amide bonds. The highest BCUT2D eigenvalue weighted by atomic mass is 31.0. The van der Waals surface area contributed by atoms with E-state index in [1.54, 1.807) is 0 Å². The first kappa shape index (κ1) is 8.42.